The molecule has 1 unspecified atom stereocenters. The third-order valence-electron chi connectivity index (χ3n) is 3.09. The number of rotatable bonds is 3. The van der Waals surface area contributed by atoms with Crippen LogP contribution in [0, 0.1) is 0 Å². The molecular formula is C15H14Cl3N. The van der Waals surface area contributed by atoms with E-state index in [0.29, 0.717) is 21.5 Å². The molecule has 0 aliphatic carbocycles. The normalized spacial score (nSPS) is 14.2. The predicted molar refractivity (Wildman–Crippen MR) is 83.2 cm³/mol. The zero-order chi connectivity index (χ0) is 14.0. The summed E-state index contributed by atoms with van der Waals surface area (Å²) in [6.07, 6.45) is 0.547. The van der Waals surface area contributed by atoms with E-state index in [9.17, 15) is 0 Å². The highest BCUT2D eigenvalue weighted by molar-refractivity contribution is 6.36. The first-order valence-corrected chi connectivity index (χ1v) is 7.01. The van der Waals surface area contributed by atoms with Crippen molar-refractivity contribution in [2.75, 3.05) is 0 Å². The van der Waals surface area contributed by atoms with E-state index < -0.39 is 5.54 Å². The Labute approximate surface area is 128 Å². The van der Waals surface area contributed by atoms with Crippen LogP contribution in [-0.4, -0.2) is 0 Å². The quantitative estimate of drug-likeness (QED) is 0.841. The van der Waals surface area contributed by atoms with Gasteiger partial charge in [0.1, 0.15) is 0 Å². The molecule has 19 heavy (non-hydrogen) atoms. The standard InChI is InChI=1S/C15H14Cl3N/c1-15(19,10-4-2-5-11(16)8-10)9-12-13(17)6-3-7-14(12)18/h2-8H,9,19H2,1H3. The highest BCUT2D eigenvalue weighted by atomic mass is 35.5. The smallest absolute Gasteiger partial charge is 0.0453 e. The minimum Gasteiger partial charge on any atom is -0.321 e. The molecule has 0 bridgehead atoms. The summed E-state index contributed by atoms with van der Waals surface area (Å²) in [6, 6.07) is 13.0. The van der Waals surface area contributed by atoms with Crippen LogP contribution in [-0.2, 0) is 12.0 Å². The van der Waals surface area contributed by atoms with Gasteiger partial charge in [-0.1, -0.05) is 53.0 Å². The van der Waals surface area contributed by atoms with Crippen molar-refractivity contribution >= 4 is 34.8 Å². The van der Waals surface area contributed by atoms with Crippen molar-refractivity contribution in [3.63, 3.8) is 0 Å². The highest BCUT2D eigenvalue weighted by Gasteiger charge is 2.24. The van der Waals surface area contributed by atoms with Gasteiger partial charge >= 0.3 is 0 Å². The van der Waals surface area contributed by atoms with Crippen LogP contribution in [0.1, 0.15) is 18.1 Å². The lowest BCUT2D eigenvalue weighted by Crippen LogP contribution is -2.35. The Bertz CT molecular complexity index is 573. The maximum Gasteiger partial charge on any atom is 0.0453 e. The molecule has 0 radical (unpaired) electrons. The van der Waals surface area contributed by atoms with E-state index in [2.05, 4.69) is 0 Å². The molecule has 2 aromatic rings. The van der Waals surface area contributed by atoms with Gasteiger partial charge in [-0.05, 0) is 48.7 Å². The van der Waals surface area contributed by atoms with Gasteiger partial charge in [0.25, 0.3) is 0 Å². The average molecular weight is 315 g/mol. The van der Waals surface area contributed by atoms with Crippen molar-refractivity contribution in [2.24, 2.45) is 5.73 Å². The zero-order valence-corrected chi connectivity index (χ0v) is 12.7. The summed E-state index contributed by atoms with van der Waals surface area (Å²) < 4.78 is 0. The lowest BCUT2D eigenvalue weighted by atomic mass is 9.86. The molecule has 0 aromatic heterocycles. The Balaban J connectivity index is 2.36. The first kappa shape index (κ1) is 14.7. The fourth-order valence-electron chi connectivity index (χ4n) is 2.01. The van der Waals surface area contributed by atoms with E-state index in [1.165, 1.54) is 0 Å². The largest absolute Gasteiger partial charge is 0.321 e. The molecule has 1 nitrogen and oxygen atoms in total. The van der Waals surface area contributed by atoms with Gasteiger partial charge in [-0.15, -0.1) is 0 Å². The van der Waals surface area contributed by atoms with E-state index in [-0.39, 0.29) is 0 Å². The maximum atomic E-state index is 6.40. The predicted octanol–water partition coefficient (Wildman–Crippen LogP) is 5.06. The molecule has 0 fully saturated rings. The van der Waals surface area contributed by atoms with Gasteiger partial charge in [-0.2, -0.15) is 0 Å². The summed E-state index contributed by atoms with van der Waals surface area (Å²) >= 11 is 18.4. The van der Waals surface area contributed by atoms with Crippen LogP contribution < -0.4 is 5.73 Å². The van der Waals surface area contributed by atoms with E-state index in [1.54, 1.807) is 0 Å². The summed E-state index contributed by atoms with van der Waals surface area (Å²) in [7, 11) is 0. The van der Waals surface area contributed by atoms with Crippen molar-refractivity contribution in [1.82, 2.24) is 0 Å². The number of nitrogens with two attached hydrogens (primary N) is 1. The fourth-order valence-corrected chi connectivity index (χ4v) is 2.74. The van der Waals surface area contributed by atoms with Crippen LogP contribution in [0.15, 0.2) is 42.5 Å². The van der Waals surface area contributed by atoms with Gasteiger partial charge < -0.3 is 5.73 Å². The molecule has 0 saturated carbocycles. The van der Waals surface area contributed by atoms with Crippen LogP contribution in [0.25, 0.3) is 0 Å². The van der Waals surface area contributed by atoms with Gasteiger partial charge in [0.2, 0.25) is 0 Å². The Morgan fingerprint density at radius 1 is 1.00 bits per heavy atom. The Morgan fingerprint density at radius 2 is 1.58 bits per heavy atom. The number of benzene rings is 2. The molecule has 0 aliphatic rings. The average Bonchev–Trinajstić information content (AvgIpc) is 2.34. The van der Waals surface area contributed by atoms with Gasteiger partial charge in [-0.3, -0.25) is 0 Å². The second-order valence-corrected chi connectivity index (χ2v) is 6.06. The molecule has 2 rings (SSSR count). The molecule has 0 amide bonds. The summed E-state index contributed by atoms with van der Waals surface area (Å²) in [6.45, 7) is 1.94. The van der Waals surface area contributed by atoms with E-state index in [4.69, 9.17) is 40.5 Å². The highest BCUT2D eigenvalue weighted by Crippen LogP contribution is 2.32. The molecule has 0 saturated heterocycles. The van der Waals surface area contributed by atoms with Crippen molar-refractivity contribution in [1.29, 1.82) is 0 Å². The van der Waals surface area contributed by atoms with Crippen molar-refractivity contribution in [2.45, 2.75) is 18.9 Å². The number of halogens is 3. The Kier molecular flexibility index (Phi) is 4.42. The first-order chi connectivity index (χ1) is 8.90. The Hall–Kier alpha value is -0.730. The molecule has 100 valence electrons. The SMILES string of the molecule is CC(N)(Cc1c(Cl)cccc1Cl)c1cccc(Cl)c1. The van der Waals surface area contributed by atoms with Crippen molar-refractivity contribution in [3.05, 3.63) is 68.7 Å². The van der Waals surface area contributed by atoms with E-state index >= 15 is 0 Å². The maximum absolute atomic E-state index is 6.40. The van der Waals surface area contributed by atoms with Gasteiger partial charge in [0, 0.05) is 20.6 Å². The van der Waals surface area contributed by atoms with Gasteiger partial charge in [0.15, 0.2) is 0 Å². The lowest BCUT2D eigenvalue weighted by molar-refractivity contribution is 0.491. The molecule has 0 aliphatic heterocycles. The topological polar surface area (TPSA) is 26.0 Å². The molecular weight excluding hydrogens is 301 g/mol. The van der Waals surface area contributed by atoms with E-state index in [1.807, 2.05) is 49.4 Å². The molecule has 0 spiro atoms. The first-order valence-electron chi connectivity index (χ1n) is 5.88. The van der Waals surface area contributed by atoms with Gasteiger partial charge in [-0.25, -0.2) is 0 Å². The summed E-state index contributed by atoms with van der Waals surface area (Å²) in [5.74, 6) is 0. The molecule has 1 atom stereocenters. The zero-order valence-electron chi connectivity index (χ0n) is 10.5. The van der Waals surface area contributed by atoms with Crippen LogP contribution in [0.5, 0.6) is 0 Å². The van der Waals surface area contributed by atoms with E-state index in [0.717, 1.165) is 11.1 Å². The summed E-state index contributed by atoms with van der Waals surface area (Å²) in [4.78, 5) is 0. The third kappa shape index (κ3) is 3.43. The fraction of sp³-hybridized carbons (Fsp3) is 0.200. The molecule has 2 N–H and O–H groups in total. The van der Waals surface area contributed by atoms with Crippen LogP contribution in [0.2, 0.25) is 15.1 Å². The van der Waals surface area contributed by atoms with Gasteiger partial charge in [0.05, 0.1) is 0 Å². The molecule has 2 aromatic carbocycles. The minimum absolute atomic E-state index is 0.547. The van der Waals surface area contributed by atoms with Crippen LogP contribution in [0.4, 0.5) is 0 Å². The van der Waals surface area contributed by atoms with Crippen LogP contribution >= 0.6 is 34.8 Å². The summed E-state index contributed by atoms with van der Waals surface area (Å²) in [5, 5.41) is 1.93. The van der Waals surface area contributed by atoms with Crippen molar-refractivity contribution < 1.29 is 0 Å². The van der Waals surface area contributed by atoms with Crippen LogP contribution in [0.3, 0.4) is 0 Å². The monoisotopic (exact) mass is 313 g/mol. The minimum atomic E-state index is -0.584. The third-order valence-corrected chi connectivity index (χ3v) is 4.03. The lowest BCUT2D eigenvalue weighted by Gasteiger charge is -2.26. The number of hydrogen-bond acceptors (Lipinski definition) is 1. The molecule has 4 heteroatoms. The number of hydrogen-bond donors (Lipinski definition) is 1. The Morgan fingerprint density at radius 3 is 2.16 bits per heavy atom. The van der Waals surface area contributed by atoms with Crippen molar-refractivity contribution in [3.8, 4) is 0 Å². The summed E-state index contributed by atoms with van der Waals surface area (Å²) in [5.41, 5.74) is 7.63. The molecule has 0 heterocycles. The second kappa shape index (κ2) is 5.72. The second-order valence-electron chi connectivity index (χ2n) is 4.80.